The van der Waals surface area contributed by atoms with Crippen molar-refractivity contribution in [1.29, 1.82) is 0 Å². The molecule has 0 atom stereocenters. The summed E-state index contributed by atoms with van der Waals surface area (Å²) in [5.74, 6) is -1.63. The number of aromatic carboxylic acids is 1. The molecule has 3 aromatic rings. The molecule has 4 rings (SSSR count). The molecular formula is C25H19F4NO3. The van der Waals surface area contributed by atoms with Crippen molar-refractivity contribution < 1.29 is 32.2 Å². The molecule has 33 heavy (non-hydrogen) atoms. The van der Waals surface area contributed by atoms with Gasteiger partial charge in [-0.05, 0) is 72.4 Å². The van der Waals surface area contributed by atoms with E-state index in [2.05, 4.69) is 4.98 Å². The summed E-state index contributed by atoms with van der Waals surface area (Å²) in [4.78, 5) is 15.5. The summed E-state index contributed by atoms with van der Waals surface area (Å²) in [6.07, 6.45) is -2.18. The first-order valence-corrected chi connectivity index (χ1v) is 10.2. The van der Waals surface area contributed by atoms with E-state index < -0.39 is 23.5 Å². The van der Waals surface area contributed by atoms with E-state index in [4.69, 9.17) is 4.74 Å². The second-order valence-electron chi connectivity index (χ2n) is 7.64. The monoisotopic (exact) mass is 457 g/mol. The van der Waals surface area contributed by atoms with Gasteiger partial charge < -0.3 is 9.84 Å². The van der Waals surface area contributed by atoms with Gasteiger partial charge in [-0.15, -0.1) is 0 Å². The minimum atomic E-state index is -4.61. The lowest BCUT2D eigenvalue weighted by Gasteiger charge is -2.12. The van der Waals surface area contributed by atoms with Crippen molar-refractivity contribution in [2.75, 3.05) is 0 Å². The molecule has 0 fully saturated rings. The van der Waals surface area contributed by atoms with Gasteiger partial charge in [-0.1, -0.05) is 24.3 Å². The molecular weight excluding hydrogens is 438 g/mol. The number of benzene rings is 2. The molecule has 170 valence electrons. The molecule has 1 aliphatic carbocycles. The Hall–Kier alpha value is -3.68. The second-order valence-corrected chi connectivity index (χ2v) is 7.64. The van der Waals surface area contributed by atoms with Crippen LogP contribution >= 0.6 is 0 Å². The molecule has 4 nitrogen and oxygen atoms in total. The number of carbonyl (C=O) groups is 1. The van der Waals surface area contributed by atoms with Crippen LogP contribution in [0.3, 0.4) is 0 Å². The van der Waals surface area contributed by atoms with Gasteiger partial charge in [0.1, 0.15) is 23.9 Å². The highest BCUT2D eigenvalue weighted by Gasteiger charge is 2.31. The summed E-state index contributed by atoms with van der Waals surface area (Å²) in [6, 6.07) is 14.4. The van der Waals surface area contributed by atoms with Crippen LogP contribution in [0.15, 0.2) is 60.7 Å². The number of nitrogens with zero attached hydrogens (tertiary/aromatic N) is 1. The normalized spacial score (nSPS) is 13.9. The Labute approximate surface area is 187 Å². The molecule has 1 aromatic heterocycles. The summed E-state index contributed by atoms with van der Waals surface area (Å²) in [5, 5.41) is 9.22. The van der Waals surface area contributed by atoms with Crippen LogP contribution in [-0.4, -0.2) is 16.1 Å². The third-order valence-corrected chi connectivity index (χ3v) is 5.45. The smallest absolute Gasteiger partial charge is 0.416 e. The molecule has 0 spiro atoms. The van der Waals surface area contributed by atoms with Crippen molar-refractivity contribution in [3.8, 4) is 5.75 Å². The number of pyridine rings is 1. The molecule has 0 amide bonds. The summed E-state index contributed by atoms with van der Waals surface area (Å²) in [7, 11) is 0. The third kappa shape index (κ3) is 5.05. The summed E-state index contributed by atoms with van der Waals surface area (Å²) < 4.78 is 57.9. The van der Waals surface area contributed by atoms with E-state index in [0.717, 1.165) is 48.1 Å². The van der Waals surface area contributed by atoms with E-state index >= 15 is 0 Å². The number of rotatable bonds is 6. The zero-order valence-electron chi connectivity index (χ0n) is 17.3. The number of ether oxygens (including phenoxy) is 1. The highest BCUT2D eigenvalue weighted by molar-refractivity contribution is 5.93. The van der Waals surface area contributed by atoms with Crippen LogP contribution < -0.4 is 4.74 Å². The molecule has 1 aliphatic rings. The maximum absolute atomic E-state index is 14.1. The largest absolute Gasteiger partial charge is 0.489 e. The van der Waals surface area contributed by atoms with E-state index in [1.165, 1.54) is 6.07 Å². The molecule has 0 radical (unpaired) electrons. The lowest BCUT2D eigenvalue weighted by atomic mass is 9.99. The number of carboxylic acid groups (broad SMARTS) is 1. The Bertz CT molecular complexity index is 1230. The quantitative estimate of drug-likeness (QED) is 0.423. The predicted octanol–water partition coefficient (Wildman–Crippen LogP) is 6.61. The van der Waals surface area contributed by atoms with Gasteiger partial charge in [-0.25, -0.2) is 14.2 Å². The minimum absolute atomic E-state index is 0.0175. The molecule has 0 aliphatic heterocycles. The van der Waals surface area contributed by atoms with Crippen LogP contribution in [0, 0.1) is 5.82 Å². The number of allylic oxidation sites excluding steroid dienone is 2. The van der Waals surface area contributed by atoms with Crippen molar-refractivity contribution in [2.24, 2.45) is 0 Å². The lowest BCUT2D eigenvalue weighted by Crippen LogP contribution is -2.07. The fourth-order valence-corrected chi connectivity index (χ4v) is 3.84. The van der Waals surface area contributed by atoms with E-state index in [9.17, 15) is 27.5 Å². The van der Waals surface area contributed by atoms with Crippen LogP contribution in [0.5, 0.6) is 5.75 Å². The van der Waals surface area contributed by atoms with Gasteiger partial charge >= 0.3 is 12.1 Å². The standard InChI is InChI=1S/C25H19F4NO3/c26-21-13-17(25(27,28)29)11-10-16(21)14-33-18-5-1-4-15(12-18)19-6-2-7-20(19)22-8-3-9-23(30-22)24(31)32/h1,3-5,8-13H,2,6-7,14H2,(H,31,32). The minimum Gasteiger partial charge on any atom is -0.489 e. The number of hydrogen-bond acceptors (Lipinski definition) is 3. The Morgan fingerprint density at radius 1 is 1.00 bits per heavy atom. The SMILES string of the molecule is O=C(O)c1cccc(C2=C(c3cccc(OCc4ccc(C(F)(F)F)cc4F)c3)CCC2)n1. The molecule has 0 saturated heterocycles. The van der Waals surface area contributed by atoms with Gasteiger partial charge in [0.2, 0.25) is 0 Å². The summed E-state index contributed by atoms with van der Waals surface area (Å²) in [6.45, 7) is -0.221. The first-order valence-electron chi connectivity index (χ1n) is 10.2. The number of halogens is 4. The molecule has 1 heterocycles. The summed E-state index contributed by atoms with van der Waals surface area (Å²) >= 11 is 0. The van der Waals surface area contributed by atoms with Crippen LogP contribution in [-0.2, 0) is 12.8 Å². The van der Waals surface area contributed by atoms with E-state index in [1.807, 2.05) is 6.07 Å². The van der Waals surface area contributed by atoms with Crippen LogP contribution in [0.2, 0.25) is 0 Å². The fraction of sp³-hybridized carbons (Fsp3) is 0.200. The van der Waals surface area contributed by atoms with Gasteiger partial charge in [0.15, 0.2) is 0 Å². The molecule has 8 heteroatoms. The third-order valence-electron chi connectivity index (χ3n) is 5.45. The topological polar surface area (TPSA) is 59.4 Å². The second kappa shape index (κ2) is 9.05. The summed E-state index contributed by atoms with van der Waals surface area (Å²) in [5.41, 5.74) is 2.41. The molecule has 1 N–H and O–H groups in total. The predicted molar refractivity (Wildman–Crippen MR) is 114 cm³/mol. The number of aromatic nitrogens is 1. The van der Waals surface area contributed by atoms with Gasteiger partial charge in [-0.2, -0.15) is 13.2 Å². The Balaban J connectivity index is 1.56. The number of hydrogen-bond donors (Lipinski definition) is 1. The Morgan fingerprint density at radius 2 is 1.76 bits per heavy atom. The maximum Gasteiger partial charge on any atom is 0.416 e. The first kappa shape index (κ1) is 22.5. The van der Waals surface area contributed by atoms with Crippen molar-refractivity contribution in [1.82, 2.24) is 4.98 Å². The highest BCUT2D eigenvalue weighted by Crippen LogP contribution is 2.40. The van der Waals surface area contributed by atoms with E-state index in [-0.39, 0.29) is 17.9 Å². The Kier molecular flexibility index (Phi) is 6.18. The fourth-order valence-electron chi connectivity index (χ4n) is 3.84. The van der Waals surface area contributed by atoms with Gasteiger partial charge in [-0.3, -0.25) is 0 Å². The molecule has 0 bridgehead atoms. The van der Waals surface area contributed by atoms with Gasteiger partial charge in [0, 0.05) is 5.56 Å². The van der Waals surface area contributed by atoms with Crippen LogP contribution in [0.4, 0.5) is 17.6 Å². The first-order chi connectivity index (χ1) is 15.7. The van der Waals surface area contributed by atoms with E-state index in [0.29, 0.717) is 17.5 Å². The maximum atomic E-state index is 14.1. The van der Waals surface area contributed by atoms with Crippen molar-refractivity contribution >= 4 is 17.1 Å². The van der Waals surface area contributed by atoms with Crippen LogP contribution in [0.1, 0.15) is 52.1 Å². The zero-order chi connectivity index (χ0) is 23.6. The zero-order valence-corrected chi connectivity index (χ0v) is 17.3. The van der Waals surface area contributed by atoms with Gasteiger partial charge in [0.25, 0.3) is 0 Å². The highest BCUT2D eigenvalue weighted by atomic mass is 19.4. The van der Waals surface area contributed by atoms with E-state index in [1.54, 1.807) is 30.3 Å². The van der Waals surface area contributed by atoms with Crippen molar-refractivity contribution in [3.63, 3.8) is 0 Å². The van der Waals surface area contributed by atoms with Crippen molar-refractivity contribution in [2.45, 2.75) is 32.0 Å². The number of carboxylic acids is 1. The molecule has 0 unspecified atom stereocenters. The number of alkyl halides is 3. The average Bonchev–Trinajstić information content (AvgIpc) is 3.28. The van der Waals surface area contributed by atoms with Crippen molar-refractivity contribution in [3.05, 3.63) is 94.6 Å². The average molecular weight is 457 g/mol. The Morgan fingerprint density at radius 3 is 2.48 bits per heavy atom. The van der Waals surface area contributed by atoms with Crippen LogP contribution in [0.25, 0.3) is 11.1 Å². The van der Waals surface area contributed by atoms with Gasteiger partial charge in [0.05, 0.1) is 11.3 Å². The molecule has 0 saturated carbocycles. The molecule has 2 aromatic carbocycles. The lowest BCUT2D eigenvalue weighted by molar-refractivity contribution is -0.137.